The number of piperidine rings is 1. The van der Waals surface area contributed by atoms with Crippen molar-refractivity contribution >= 4 is 11.8 Å². The van der Waals surface area contributed by atoms with Gasteiger partial charge in [0.2, 0.25) is 5.91 Å². The smallest absolute Gasteiger partial charge is 0.253 e. The first-order valence-corrected chi connectivity index (χ1v) is 7.61. The van der Waals surface area contributed by atoms with E-state index in [1.54, 1.807) is 34.1 Å². The van der Waals surface area contributed by atoms with Gasteiger partial charge in [0, 0.05) is 32.2 Å². The number of hydrogen-bond donors (Lipinski definition) is 0. The summed E-state index contributed by atoms with van der Waals surface area (Å²) in [5.74, 6) is 0.122. The quantitative estimate of drug-likeness (QED) is 0.791. The fourth-order valence-corrected chi connectivity index (χ4v) is 3.56. The average Bonchev–Trinajstić information content (AvgIpc) is 2.97. The van der Waals surface area contributed by atoms with Crippen molar-refractivity contribution in [3.8, 4) is 6.07 Å². The first kappa shape index (κ1) is 14.6. The average molecular weight is 297 g/mol. The van der Waals surface area contributed by atoms with E-state index >= 15 is 0 Å². The van der Waals surface area contributed by atoms with Crippen molar-refractivity contribution in [2.45, 2.75) is 19.3 Å². The van der Waals surface area contributed by atoms with Crippen molar-refractivity contribution in [2.24, 2.45) is 5.41 Å². The second kappa shape index (κ2) is 5.45. The van der Waals surface area contributed by atoms with Crippen molar-refractivity contribution in [2.75, 3.05) is 26.7 Å². The standard InChI is InChI=1S/C17H19N3O2/c1-19-9-2-7-17(16(19)22)8-10-20(12-17)15(21)14-5-3-13(11-18)4-6-14/h3-6H,2,7-10,12H2,1H3. The molecule has 1 aromatic rings. The number of hydrogen-bond acceptors (Lipinski definition) is 3. The Labute approximate surface area is 130 Å². The maximum Gasteiger partial charge on any atom is 0.253 e. The highest BCUT2D eigenvalue weighted by Gasteiger charge is 2.48. The highest BCUT2D eigenvalue weighted by Crippen LogP contribution is 2.40. The van der Waals surface area contributed by atoms with Crippen molar-refractivity contribution in [3.05, 3.63) is 35.4 Å². The predicted molar refractivity (Wildman–Crippen MR) is 81.0 cm³/mol. The molecule has 5 nitrogen and oxygen atoms in total. The van der Waals surface area contributed by atoms with E-state index in [0.29, 0.717) is 24.2 Å². The minimum atomic E-state index is -0.380. The van der Waals surface area contributed by atoms with Crippen LogP contribution in [0.4, 0.5) is 0 Å². The van der Waals surface area contributed by atoms with Gasteiger partial charge in [-0.05, 0) is 43.5 Å². The molecule has 2 fully saturated rings. The fourth-order valence-electron chi connectivity index (χ4n) is 3.56. The largest absolute Gasteiger partial charge is 0.345 e. The summed E-state index contributed by atoms with van der Waals surface area (Å²) < 4.78 is 0. The normalized spacial score (nSPS) is 24.6. The number of likely N-dealkylation sites (tertiary alicyclic amines) is 2. The molecule has 2 aliphatic rings. The van der Waals surface area contributed by atoms with Gasteiger partial charge in [-0.3, -0.25) is 9.59 Å². The monoisotopic (exact) mass is 297 g/mol. The van der Waals surface area contributed by atoms with Gasteiger partial charge in [0.25, 0.3) is 5.91 Å². The van der Waals surface area contributed by atoms with Crippen molar-refractivity contribution in [3.63, 3.8) is 0 Å². The lowest BCUT2D eigenvalue weighted by Gasteiger charge is -2.37. The van der Waals surface area contributed by atoms with E-state index in [-0.39, 0.29) is 17.2 Å². The van der Waals surface area contributed by atoms with E-state index in [1.807, 2.05) is 13.1 Å². The van der Waals surface area contributed by atoms with Crippen molar-refractivity contribution < 1.29 is 9.59 Å². The Morgan fingerprint density at radius 3 is 2.64 bits per heavy atom. The number of benzene rings is 1. The van der Waals surface area contributed by atoms with E-state index in [0.717, 1.165) is 25.8 Å². The van der Waals surface area contributed by atoms with Crippen LogP contribution in [0.5, 0.6) is 0 Å². The minimum absolute atomic E-state index is 0.0533. The van der Waals surface area contributed by atoms with E-state index in [4.69, 9.17) is 5.26 Å². The molecule has 0 N–H and O–H groups in total. The first-order valence-electron chi connectivity index (χ1n) is 7.61. The molecule has 1 atom stereocenters. The Bertz CT molecular complexity index is 647. The van der Waals surface area contributed by atoms with Crippen LogP contribution in [-0.2, 0) is 4.79 Å². The second-order valence-electron chi connectivity index (χ2n) is 6.28. The van der Waals surface area contributed by atoms with Gasteiger partial charge in [0.05, 0.1) is 17.0 Å². The molecule has 0 aliphatic carbocycles. The maximum absolute atomic E-state index is 12.6. The van der Waals surface area contributed by atoms with Gasteiger partial charge in [-0.1, -0.05) is 0 Å². The van der Waals surface area contributed by atoms with Gasteiger partial charge in [-0.15, -0.1) is 0 Å². The summed E-state index contributed by atoms with van der Waals surface area (Å²) in [5.41, 5.74) is 0.737. The SMILES string of the molecule is CN1CCCC2(CCN(C(=O)c3ccc(C#N)cc3)C2)C1=O. The maximum atomic E-state index is 12.6. The highest BCUT2D eigenvalue weighted by molar-refractivity contribution is 5.95. The van der Waals surface area contributed by atoms with Crippen LogP contribution in [-0.4, -0.2) is 48.3 Å². The van der Waals surface area contributed by atoms with E-state index in [2.05, 4.69) is 0 Å². The van der Waals surface area contributed by atoms with Gasteiger partial charge in [-0.25, -0.2) is 0 Å². The number of carbonyl (C=O) groups is 2. The molecule has 1 unspecified atom stereocenters. The molecular weight excluding hydrogens is 278 g/mol. The van der Waals surface area contributed by atoms with Crippen LogP contribution in [0.3, 0.4) is 0 Å². The molecule has 0 aromatic heterocycles. The zero-order valence-corrected chi connectivity index (χ0v) is 12.7. The Balaban J connectivity index is 1.75. The van der Waals surface area contributed by atoms with Crippen LogP contribution in [0, 0.1) is 16.7 Å². The van der Waals surface area contributed by atoms with E-state index in [1.165, 1.54) is 0 Å². The molecule has 0 radical (unpaired) electrons. The number of rotatable bonds is 1. The van der Waals surface area contributed by atoms with Crippen molar-refractivity contribution in [1.82, 2.24) is 9.80 Å². The lowest BCUT2D eigenvalue weighted by Crippen LogP contribution is -2.48. The lowest BCUT2D eigenvalue weighted by atomic mass is 9.78. The Kier molecular flexibility index (Phi) is 3.61. The van der Waals surface area contributed by atoms with Crippen LogP contribution >= 0.6 is 0 Å². The Morgan fingerprint density at radius 2 is 1.95 bits per heavy atom. The molecule has 0 saturated carbocycles. The molecule has 2 aliphatic heterocycles. The van der Waals surface area contributed by atoms with Crippen LogP contribution in [0.25, 0.3) is 0 Å². The highest BCUT2D eigenvalue weighted by atomic mass is 16.2. The second-order valence-corrected chi connectivity index (χ2v) is 6.28. The molecule has 2 saturated heterocycles. The summed E-state index contributed by atoms with van der Waals surface area (Å²) in [5, 5.41) is 8.81. The van der Waals surface area contributed by atoms with Gasteiger partial charge >= 0.3 is 0 Å². The molecule has 1 aromatic carbocycles. The molecular formula is C17H19N3O2. The zero-order chi connectivity index (χ0) is 15.7. The predicted octanol–water partition coefficient (Wildman–Crippen LogP) is 1.64. The van der Waals surface area contributed by atoms with Gasteiger partial charge in [0.1, 0.15) is 0 Å². The van der Waals surface area contributed by atoms with E-state index < -0.39 is 0 Å². The van der Waals surface area contributed by atoms with Crippen molar-refractivity contribution in [1.29, 1.82) is 5.26 Å². The van der Waals surface area contributed by atoms with Gasteiger partial charge < -0.3 is 9.80 Å². The molecule has 114 valence electrons. The number of carbonyl (C=O) groups excluding carboxylic acids is 2. The molecule has 22 heavy (non-hydrogen) atoms. The third-order valence-corrected chi connectivity index (χ3v) is 4.85. The summed E-state index contributed by atoms with van der Waals surface area (Å²) in [4.78, 5) is 28.6. The lowest BCUT2D eigenvalue weighted by molar-refractivity contribution is -0.143. The van der Waals surface area contributed by atoms with E-state index in [9.17, 15) is 9.59 Å². The molecule has 1 spiro atoms. The van der Waals surface area contributed by atoms with Crippen LogP contribution < -0.4 is 0 Å². The molecule has 5 heteroatoms. The van der Waals surface area contributed by atoms with Crippen LogP contribution in [0.1, 0.15) is 35.2 Å². The molecule has 3 rings (SSSR count). The van der Waals surface area contributed by atoms with Crippen LogP contribution in [0.15, 0.2) is 24.3 Å². The number of amides is 2. The third-order valence-electron chi connectivity index (χ3n) is 4.85. The Morgan fingerprint density at radius 1 is 1.23 bits per heavy atom. The first-order chi connectivity index (χ1) is 10.6. The number of nitriles is 1. The Hall–Kier alpha value is -2.35. The summed E-state index contributed by atoms with van der Waals surface area (Å²) in [6, 6.07) is 8.71. The third kappa shape index (κ3) is 2.35. The van der Waals surface area contributed by atoms with Gasteiger partial charge in [-0.2, -0.15) is 5.26 Å². The molecule has 2 heterocycles. The topological polar surface area (TPSA) is 64.4 Å². The van der Waals surface area contributed by atoms with Gasteiger partial charge in [0.15, 0.2) is 0 Å². The van der Waals surface area contributed by atoms with Crippen LogP contribution in [0.2, 0.25) is 0 Å². The molecule has 0 bridgehead atoms. The summed E-state index contributed by atoms with van der Waals surface area (Å²) in [6.45, 7) is 1.94. The summed E-state index contributed by atoms with van der Waals surface area (Å²) in [6.07, 6.45) is 2.62. The summed E-state index contributed by atoms with van der Waals surface area (Å²) in [7, 11) is 1.84. The zero-order valence-electron chi connectivity index (χ0n) is 12.7. The summed E-state index contributed by atoms with van der Waals surface area (Å²) >= 11 is 0. The molecule has 2 amide bonds. The fraction of sp³-hybridized carbons (Fsp3) is 0.471. The number of nitrogens with zero attached hydrogens (tertiary/aromatic N) is 3. The minimum Gasteiger partial charge on any atom is -0.345 e.